The Kier molecular flexibility index (Phi) is 6.48. The molecule has 1 heterocycles. The number of likely N-dealkylation sites (tertiary alicyclic amines) is 1. The van der Waals surface area contributed by atoms with Crippen molar-refractivity contribution in [2.24, 2.45) is 11.7 Å². The maximum Gasteiger partial charge on any atom is 0.416 e. The SMILES string of the molecule is NCCNC(=O)C1CCCN(Cc2cc(Cl)cc(C(F)(F)F)c2)C1. The lowest BCUT2D eigenvalue weighted by molar-refractivity contribution is -0.137. The molecule has 0 aliphatic carbocycles. The normalized spacial score (nSPS) is 19.3. The summed E-state index contributed by atoms with van der Waals surface area (Å²) < 4.78 is 38.6. The maximum absolute atomic E-state index is 12.9. The van der Waals surface area contributed by atoms with E-state index in [1.54, 1.807) is 0 Å². The van der Waals surface area contributed by atoms with E-state index in [4.69, 9.17) is 17.3 Å². The van der Waals surface area contributed by atoms with Crippen molar-refractivity contribution in [3.05, 3.63) is 34.3 Å². The second kappa shape index (κ2) is 8.18. The number of benzene rings is 1. The minimum absolute atomic E-state index is 0.0489. The minimum Gasteiger partial charge on any atom is -0.355 e. The summed E-state index contributed by atoms with van der Waals surface area (Å²) in [5.41, 5.74) is 5.12. The molecule has 0 aromatic heterocycles. The van der Waals surface area contributed by atoms with Crippen molar-refractivity contribution in [3.63, 3.8) is 0 Å². The van der Waals surface area contributed by atoms with Gasteiger partial charge in [0.05, 0.1) is 11.5 Å². The lowest BCUT2D eigenvalue weighted by Crippen LogP contribution is -2.43. The van der Waals surface area contributed by atoms with Gasteiger partial charge in [-0.2, -0.15) is 13.2 Å². The Morgan fingerprint density at radius 2 is 2.12 bits per heavy atom. The highest BCUT2D eigenvalue weighted by atomic mass is 35.5. The van der Waals surface area contributed by atoms with Gasteiger partial charge in [-0.25, -0.2) is 0 Å². The monoisotopic (exact) mass is 363 g/mol. The largest absolute Gasteiger partial charge is 0.416 e. The second-order valence-corrected chi connectivity index (χ2v) is 6.44. The fourth-order valence-electron chi connectivity index (χ4n) is 2.92. The first-order valence-corrected chi connectivity index (χ1v) is 8.24. The molecule has 0 spiro atoms. The average Bonchev–Trinajstić information content (AvgIpc) is 2.51. The van der Waals surface area contributed by atoms with Crippen molar-refractivity contribution in [3.8, 4) is 0 Å². The summed E-state index contributed by atoms with van der Waals surface area (Å²) in [6.45, 7) is 2.41. The molecule has 1 aromatic rings. The number of halogens is 4. The van der Waals surface area contributed by atoms with E-state index in [0.29, 0.717) is 31.7 Å². The standard InChI is InChI=1S/C16H21ClF3N3O/c17-14-7-11(6-13(8-14)16(18,19)20)9-23-5-1-2-12(10-23)15(24)22-4-3-21/h6-8,12H,1-5,9-10,21H2,(H,22,24). The summed E-state index contributed by atoms with van der Waals surface area (Å²) in [4.78, 5) is 14.0. The van der Waals surface area contributed by atoms with Gasteiger partial charge in [0, 0.05) is 31.2 Å². The zero-order valence-electron chi connectivity index (χ0n) is 13.2. The van der Waals surface area contributed by atoms with Crippen LogP contribution in [0.3, 0.4) is 0 Å². The van der Waals surface area contributed by atoms with Crippen LogP contribution >= 0.6 is 11.6 Å². The van der Waals surface area contributed by atoms with Gasteiger partial charge in [0.15, 0.2) is 0 Å². The van der Waals surface area contributed by atoms with Crippen molar-refractivity contribution in [2.45, 2.75) is 25.6 Å². The third kappa shape index (κ3) is 5.36. The summed E-state index contributed by atoms with van der Waals surface area (Å²) in [6.07, 6.45) is -2.82. The molecule has 2 rings (SSSR count). The quantitative estimate of drug-likeness (QED) is 0.845. The molecule has 8 heteroatoms. The first-order valence-electron chi connectivity index (χ1n) is 7.86. The van der Waals surface area contributed by atoms with Crippen LogP contribution in [-0.2, 0) is 17.5 Å². The Morgan fingerprint density at radius 3 is 2.79 bits per heavy atom. The molecular weight excluding hydrogens is 343 g/mol. The van der Waals surface area contributed by atoms with E-state index in [2.05, 4.69) is 5.32 Å². The first-order chi connectivity index (χ1) is 11.3. The Labute approximate surface area is 144 Å². The molecule has 0 bridgehead atoms. The van der Waals surface area contributed by atoms with E-state index in [-0.39, 0.29) is 16.8 Å². The highest BCUT2D eigenvalue weighted by Gasteiger charge is 2.31. The summed E-state index contributed by atoms with van der Waals surface area (Å²) in [5.74, 6) is -0.209. The molecule has 4 nitrogen and oxygen atoms in total. The first kappa shape index (κ1) is 19.0. The summed E-state index contributed by atoms with van der Waals surface area (Å²) in [5, 5.41) is 2.83. The van der Waals surface area contributed by atoms with Gasteiger partial charge in [-0.1, -0.05) is 11.6 Å². The van der Waals surface area contributed by atoms with Crippen LogP contribution < -0.4 is 11.1 Å². The van der Waals surface area contributed by atoms with Gasteiger partial charge in [-0.15, -0.1) is 0 Å². The van der Waals surface area contributed by atoms with Gasteiger partial charge in [0.25, 0.3) is 0 Å². The Bertz CT molecular complexity index is 580. The van der Waals surface area contributed by atoms with Crippen molar-refractivity contribution in [1.82, 2.24) is 10.2 Å². The third-order valence-electron chi connectivity index (χ3n) is 4.01. The van der Waals surface area contributed by atoms with Crippen molar-refractivity contribution >= 4 is 17.5 Å². The van der Waals surface area contributed by atoms with Gasteiger partial charge >= 0.3 is 6.18 Å². The number of alkyl halides is 3. The molecule has 1 unspecified atom stereocenters. The average molecular weight is 364 g/mol. The third-order valence-corrected chi connectivity index (χ3v) is 4.23. The topological polar surface area (TPSA) is 58.4 Å². The smallest absolute Gasteiger partial charge is 0.355 e. The summed E-state index contributed by atoms with van der Waals surface area (Å²) >= 11 is 5.82. The van der Waals surface area contributed by atoms with Crippen LogP contribution in [0.5, 0.6) is 0 Å². The number of hydrogen-bond acceptors (Lipinski definition) is 3. The van der Waals surface area contributed by atoms with Gasteiger partial charge in [-0.05, 0) is 43.1 Å². The van der Waals surface area contributed by atoms with Crippen molar-refractivity contribution in [2.75, 3.05) is 26.2 Å². The zero-order chi connectivity index (χ0) is 17.7. The highest BCUT2D eigenvalue weighted by Crippen LogP contribution is 2.32. The molecule has 0 radical (unpaired) electrons. The van der Waals surface area contributed by atoms with E-state index >= 15 is 0 Å². The fraction of sp³-hybridized carbons (Fsp3) is 0.562. The number of hydrogen-bond donors (Lipinski definition) is 2. The van der Waals surface area contributed by atoms with Gasteiger partial charge < -0.3 is 11.1 Å². The molecule has 24 heavy (non-hydrogen) atoms. The summed E-state index contributed by atoms with van der Waals surface area (Å²) in [6, 6.07) is 3.57. The Balaban J connectivity index is 2.03. The predicted molar refractivity (Wildman–Crippen MR) is 86.5 cm³/mol. The number of nitrogens with zero attached hydrogens (tertiary/aromatic N) is 1. The Morgan fingerprint density at radius 1 is 1.38 bits per heavy atom. The lowest BCUT2D eigenvalue weighted by atomic mass is 9.96. The van der Waals surface area contributed by atoms with E-state index in [1.807, 2.05) is 4.90 Å². The molecule has 1 aliphatic heterocycles. The molecular formula is C16H21ClF3N3O. The molecule has 3 N–H and O–H groups in total. The molecule has 1 saturated heterocycles. The number of carbonyl (C=O) groups is 1. The zero-order valence-corrected chi connectivity index (χ0v) is 14.0. The highest BCUT2D eigenvalue weighted by molar-refractivity contribution is 6.30. The number of amides is 1. The molecule has 1 aliphatic rings. The Hall–Kier alpha value is -1.31. The second-order valence-electron chi connectivity index (χ2n) is 6.00. The molecule has 1 amide bonds. The fourth-order valence-corrected chi connectivity index (χ4v) is 3.17. The maximum atomic E-state index is 12.9. The van der Waals surface area contributed by atoms with E-state index in [0.717, 1.165) is 31.5 Å². The van der Waals surface area contributed by atoms with Gasteiger partial charge in [0.2, 0.25) is 5.91 Å². The van der Waals surface area contributed by atoms with Crippen LogP contribution in [0.2, 0.25) is 5.02 Å². The lowest BCUT2D eigenvalue weighted by Gasteiger charge is -2.32. The van der Waals surface area contributed by atoms with Crippen molar-refractivity contribution in [1.29, 1.82) is 0 Å². The van der Waals surface area contributed by atoms with Crippen LogP contribution in [0.25, 0.3) is 0 Å². The van der Waals surface area contributed by atoms with E-state index in [1.165, 1.54) is 6.07 Å². The molecule has 134 valence electrons. The number of rotatable bonds is 5. The number of nitrogens with one attached hydrogen (secondary N) is 1. The summed E-state index contributed by atoms with van der Waals surface area (Å²) in [7, 11) is 0. The predicted octanol–water partition coefficient (Wildman–Crippen LogP) is 2.65. The molecule has 0 saturated carbocycles. The number of nitrogens with two attached hydrogens (primary N) is 1. The van der Waals surface area contributed by atoms with Crippen LogP contribution in [0.15, 0.2) is 18.2 Å². The molecule has 1 fully saturated rings. The van der Waals surface area contributed by atoms with Gasteiger partial charge in [-0.3, -0.25) is 9.69 Å². The molecule has 1 atom stereocenters. The molecule has 1 aromatic carbocycles. The van der Waals surface area contributed by atoms with Crippen molar-refractivity contribution < 1.29 is 18.0 Å². The van der Waals surface area contributed by atoms with Crippen LogP contribution in [-0.4, -0.2) is 37.0 Å². The van der Waals surface area contributed by atoms with Crippen LogP contribution in [0, 0.1) is 5.92 Å². The minimum atomic E-state index is -4.42. The van der Waals surface area contributed by atoms with E-state index in [9.17, 15) is 18.0 Å². The van der Waals surface area contributed by atoms with E-state index < -0.39 is 11.7 Å². The van der Waals surface area contributed by atoms with Crippen LogP contribution in [0.4, 0.5) is 13.2 Å². The number of piperidine rings is 1. The van der Waals surface area contributed by atoms with Crippen LogP contribution in [0.1, 0.15) is 24.0 Å². The number of carbonyl (C=O) groups excluding carboxylic acids is 1. The van der Waals surface area contributed by atoms with Gasteiger partial charge in [0.1, 0.15) is 0 Å².